The number of anilines is 1. The van der Waals surface area contributed by atoms with Crippen molar-refractivity contribution in [1.82, 2.24) is 0 Å². The molecular formula is C17H18Cl2FN. The van der Waals surface area contributed by atoms with E-state index in [1.807, 2.05) is 0 Å². The van der Waals surface area contributed by atoms with E-state index >= 15 is 0 Å². The van der Waals surface area contributed by atoms with Crippen molar-refractivity contribution in [2.75, 3.05) is 5.32 Å². The fraction of sp³-hybridized carbons (Fsp3) is 0.294. The number of halogens is 3. The summed E-state index contributed by atoms with van der Waals surface area (Å²) in [6.07, 6.45) is 1.08. The van der Waals surface area contributed by atoms with Crippen molar-refractivity contribution in [1.29, 1.82) is 0 Å². The van der Waals surface area contributed by atoms with E-state index in [4.69, 9.17) is 23.2 Å². The van der Waals surface area contributed by atoms with Crippen LogP contribution in [0.1, 0.15) is 25.0 Å². The normalized spacial score (nSPS) is 11.0. The second-order valence-corrected chi connectivity index (χ2v) is 6.34. The van der Waals surface area contributed by atoms with Gasteiger partial charge in [0.05, 0.1) is 10.0 Å². The molecule has 0 aliphatic heterocycles. The Bertz CT molecular complexity index is 586. The average Bonchev–Trinajstić information content (AvgIpc) is 2.43. The van der Waals surface area contributed by atoms with Crippen molar-refractivity contribution < 1.29 is 4.39 Å². The van der Waals surface area contributed by atoms with E-state index in [2.05, 4.69) is 43.4 Å². The molecule has 0 fully saturated rings. The van der Waals surface area contributed by atoms with Crippen LogP contribution >= 0.6 is 23.2 Å². The first-order valence-electron chi connectivity index (χ1n) is 6.92. The maximum atomic E-state index is 13.3. The summed E-state index contributed by atoms with van der Waals surface area (Å²) in [6.45, 7) is 5.05. The van der Waals surface area contributed by atoms with Gasteiger partial charge in [-0.2, -0.15) is 0 Å². The predicted octanol–water partition coefficient (Wildman–Crippen LogP) is 5.94. The number of benzene rings is 2. The minimum absolute atomic E-state index is 0.0253. The van der Waals surface area contributed by atoms with E-state index < -0.39 is 5.82 Å². The average molecular weight is 326 g/mol. The highest BCUT2D eigenvalue weighted by Crippen LogP contribution is 2.27. The highest BCUT2D eigenvalue weighted by Gasteiger charge is 2.07. The molecule has 0 unspecified atom stereocenters. The van der Waals surface area contributed by atoms with Gasteiger partial charge in [0, 0.05) is 12.2 Å². The molecule has 0 saturated carbocycles. The third-order valence-corrected chi connectivity index (χ3v) is 3.70. The lowest BCUT2D eigenvalue weighted by molar-refractivity contribution is 0.629. The monoisotopic (exact) mass is 325 g/mol. The quantitative estimate of drug-likeness (QED) is 0.670. The molecule has 0 aliphatic rings. The molecule has 0 bridgehead atoms. The summed E-state index contributed by atoms with van der Waals surface area (Å²) in [4.78, 5) is 0. The fourth-order valence-corrected chi connectivity index (χ4v) is 2.61. The van der Waals surface area contributed by atoms with Crippen LogP contribution in [0.4, 0.5) is 10.1 Å². The summed E-state index contributed by atoms with van der Waals surface area (Å²) in [5.74, 6) is 0.0689. The molecular weight excluding hydrogens is 308 g/mol. The summed E-state index contributed by atoms with van der Waals surface area (Å²) in [7, 11) is 0. The second kappa shape index (κ2) is 7.15. The number of nitrogens with one attached hydrogen (secondary N) is 1. The Labute approximate surface area is 135 Å². The first kappa shape index (κ1) is 16.1. The first-order chi connectivity index (χ1) is 9.95. The summed E-state index contributed by atoms with van der Waals surface area (Å²) in [5, 5.41) is 3.25. The molecule has 0 heterocycles. The molecule has 112 valence electrons. The molecule has 0 atom stereocenters. The summed E-state index contributed by atoms with van der Waals surface area (Å²) < 4.78 is 13.3. The Balaban J connectivity index is 2.00. The van der Waals surface area contributed by atoms with Crippen LogP contribution in [-0.2, 0) is 13.0 Å². The molecule has 0 aromatic heterocycles. The van der Waals surface area contributed by atoms with Gasteiger partial charge in [0.15, 0.2) is 5.82 Å². The number of hydrogen-bond acceptors (Lipinski definition) is 1. The van der Waals surface area contributed by atoms with E-state index in [1.54, 1.807) is 0 Å². The lowest BCUT2D eigenvalue weighted by atomic mass is 10.0. The standard InChI is InChI=1S/C17H18Cl2FN/c1-11(2)7-12-3-5-13(6-4-12)10-21-14-8-15(18)17(20)16(19)9-14/h3-6,8-9,11,21H,7,10H2,1-2H3. The largest absolute Gasteiger partial charge is 0.381 e. The van der Waals surface area contributed by atoms with E-state index in [0.717, 1.165) is 12.0 Å². The van der Waals surface area contributed by atoms with Gasteiger partial charge in [-0.15, -0.1) is 0 Å². The van der Waals surface area contributed by atoms with Crippen molar-refractivity contribution in [3.05, 3.63) is 63.4 Å². The van der Waals surface area contributed by atoms with Crippen molar-refractivity contribution in [3.8, 4) is 0 Å². The van der Waals surface area contributed by atoms with Crippen LogP contribution in [0.2, 0.25) is 10.0 Å². The molecule has 0 spiro atoms. The van der Waals surface area contributed by atoms with Crippen LogP contribution < -0.4 is 5.32 Å². The maximum Gasteiger partial charge on any atom is 0.160 e. The molecule has 0 radical (unpaired) electrons. The van der Waals surface area contributed by atoms with Gasteiger partial charge in [-0.1, -0.05) is 61.3 Å². The Morgan fingerprint density at radius 1 is 1.00 bits per heavy atom. The lowest BCUT2D eigenvalue weighted by Gasteiger charge is -2.10. The predicted molar refractivity (Wildman–Crippen MR) is 88.7 cm³/mol. The number of rotatable bonds is 5. The van der Waals surface area contributed by atoms with Gasteiger partial charge in [0.2, 0.25) is 0 Å². The van der Waals surface area contributed by atoms with Crippen LogP contribution in [0.3, 0.4) is 0 Å². The van der Waals surface area contributed by atoms with Gasteiger partial charge in [0.1, 0.15) is 0 Å². The Morgan fingerprint density at radius 3 is 2.05 bits per heavy atom. The molecule has 0 saturated heterocycles. The lowest BCUT2D eigenvalue weighted by Crippen LogP contribution is -2.01. The molecule has 4 heteroatoms. The van der Waals surface area contributed by atoms with Crippen molar-refractivity contribution in [3.63, 3.8) is 0 Å². The molecule has 21 heavy (non-hydrogen) atoms. The molecule has 2 rings (SSSR count). The third kappa shape index (κ3) is 4.62. The smallest absolute Gasteiger partial charge is 0.160 e. The molecule has 0 aliphatic carbocycles. The zero-order chi connectivity index (χ0) is 15.4. The van der Waals surface area contributed by atoms with Crippen LogP contribution in [0.15, 0.2) is 36.4 Å². The highest BCUT2D eigenvalue weighted by atomic mass is 35.5. The first-order valence-corrected chi connectivity index (χ1v) is 7.67. The van der Waals surface area contributed by atoms with Crippen LogP contribution in [0.5, 0.6) is 0 Å². The molecule has 1 nitrogen and oxygen atoms in total. The number of hydrogen-bond donors (Lipinski definition) is 1. The Morgan fingerprint density at radius 2 is 1.52 bits per heavy atom. The molecule has 2 aromatic rings. The van der Waals surface area contributed by atoms with Crippen LogP contribution in [-0.4, -0.2) is 0 Å². The second-order valence-electron chi connectivity index (χ2n) is 5.52. The topological polar surface area (TPSA) is 12.0 Å². The van der Waals surface area contributed by atoms with Crippen molar-refractivity contribution in [2.45, 2.75) is 26.8 Å². The molecule has 1 N–H and O–H groups in total. The van der Waals surface area contributed by atoms with Crippen LogP contribution in [0, 0.1) is 11.7 Å². The van der Waals surface area contributed by atoms with Crippen molar-refractivity contribution >= 4 is 28.9 Å². The highest BCUT2D eigenvalue weighted by molar-refractivity contribution is 6.35. The van der Waals surface area contributed by atoms with E-state index in [0.29, 0.717) is 18.2 Å². The minimum atomic E-state index is -0.582. The zero-order valence-electron chi connectivity index (χ0n) is 12.1. The summed E-state index contributed by atoms with van der Waals surface area (Å²) in [6, 6.07) is 11.5. The minimum Gasteiger partial charge on any atom is -0.381 e. The van der Waals surface area contributed by atoms with Gasteiger partial charge in [-0.25, -0.2) is 4.39 Å². The van der Waals surface area contributed by atoms with Crippen LogP contribution in [0.25, 0.3) is 0 Å². The zero-order valence-corrected chi connectivity index (χ0v) is 13.6. The van der Waals surface area contributed by atoms with Gasteiger partial charge < -0.3 is 5.32 Å². The van der Waals surface area contributed by atoms with E-state index in [-0.39, 0.29) is 10.0 Å². The Hall–Kier alpha value is -1.25. The third-order valence-electron chi connectivity index (χ3n) is 3.15. The van der Waals surface area contributed by atoms with Crippen molar-refractivity contribution in [2.24, 2.45) is 5.92 Å². The summed E-state index contributed by atoms with van der Waals surface area (Å²) >= 11 is 11.5. The maximum absolute atomic E-state index is 13.3. The van der Waals surface area contributed by atoms with Gasteiger partial charge in [0.25, 0.3) is 0 Å². The van der Waals surface area contributed by atoms with E-state index in [9.17, 15) is 4.39 Å². The van der Waals surface area contributed by atoms with Gasteiger partial charge in [-0.3, -0.25) is 0 Å². The van der Waals surface area contributed by atoms with E-state index in [1.165, 1.54) is 17.7 Å². The Kier molecular flexibility index (Phi) is 5.49. The molecule has 0 amide bonds. The fourth-order valence-electron chi connectivity index (χ4n) is 2.13. The molecule has 2 aromatic carbocycles. The van der Waals surface area contributed by atoms with Gasteiger partial charge >= 0.3 is 0 Å². The SMILES string of the molecule is CC(C)Cc1ccc(CNc2cc(Cl)c(F)c(Cl)c2)cc1. The summed E-state index contributed by atoms with van der Waals surface area (Å²) in [5.41, 5.74) is 3.19. The van der Waals surface area contributed by atoms with Gasteiger partial charge in [-0.05, 0) is 35.6 Å².